The third kappa shape index (κ3) is 4.10. The molecule has 10 atom stereocenters. The van der Waals surface area contributed by atoms with Gasteiger partial charge in [0.15, 0.2) is 6.10 Å². The normalized spacial score (nSPS) is 40.8. The molecule has 3 saturated carbocycles. The van der Waals surface area contributed by atoms with Crippen molar-refractivity contribution in [1.82, 2.24) is 0 Å². The predicted octanol–water partition coefficient (Wildman–Crippen LogP) is 4.80. The lowest BCUT2D eigenvalue weighted by Gasteiger charge is -2.66. The van der Waals surface area contributed by atoms with E-state index in [-0.39, 0.29) is 24.8 Å². The maximum Gasteiger partial charge on any atom is 0.310 e. The van der Waals surface area contributed by atoms with Gasteiger partial charge in [0.2, 0.25) is 11.4 Å². The highest BCUT2D eigenvalue weighted by atomic mass is 16.6. The Bertz CT molecular complexity index is 1560. The van der Waals surface area contributed by atoms with E-state index in [1.54, 1.807) is 33.8 Å². The minimum Gasteiger partial charge on any atom is -0.472 e. The summed E-state index contributed by atoms with van der Waals surface area (Å²) < 4.78 is 29.0. The molecule has 1 saturated heterocycles. The van der Waals surface area contributed by atoms with Gasteiger partial charge in [0, 0.05) is 33.8 Å². The van der Waals surface area contributed by atoms with Crippen molar-refractivity contribution >= 4 is 29.7 Å². The number of carbonyl (C=O) groups excluding carboxylic acids is 5. The van der Waals surface area contributed by atoms with Crippen molar-refractivity contribution in [3.05, 3.63) is 35.3 Å². The third-order valence-electron chi connectivity index (χ3n) is 12.8. The molecule has 256 valence electrons. The topological polar surface area (TPSA) is 156 Å². The molecule has 0 amide bonds. The Morgan fingerprint density at radius 3 is 2.40 bits per heavy atom. The number of furan rings is 1. The molecule has 11 heteroatoms. The number of hydrogen-bond donors (Lipinski definition) is 1. The van der Waals surface area contributed by atoms with Gasteiger partial charge in [-0.3, -0.25) is 24.0 Å². The van der Waals surface area contributed by atoms with Crippen LogP contribution in [0.15, 0.2) is 34.2 Å². The fourth-order valence-corrected chi connectivity index (χ4v) is 10.2. The van der Waals surface area contributed by atoms with Crippen molar-refractivity contribution in [2.24, 2.45) is 39.9 Å². The molecule has 6 rings (SSSR count). The Morgan fingerprint density at radius 1 is 1.11 bits per heavy atom. The number of fused-ring (bicyclic) bond motifs is 4. The molecule has 1 aromatic heterocycles. The SMILES string of the molecule is CC[C@H](C)C(=O)O[C@]12C(=O)C3=C4CC(=O)O[C@@H](c5ccoc5)[C@]4(C)CCC3[C@@]3(C)[C@@H](CC(=O)OC)[C@@](C)(C[C@]31O)[C@@H]2OC(=O)C(C)C. The first-order valence-corrected chi connectivity index (χ1v) is 16.7. The van der Waals surface area contributed by atoms with Crippen LogP contribution >= 0.6 is 0 Å². The molecule has 4 fully saturated rings. The summed E-state index contributed by atoms with van der Waals surface area (Å²) in [6, 6.07) is 1.73. The van der Waals surface area contributed by atoms with Gasteiger partial charge in [-0.1, -0.05) is 48.5 Å². The Balaban J connectivity index is 1.66. The van der Waals surface area contributed by atoms with E-state index in [4.69, 9.17) is 23.4 Å². The lowest BCUT2D eigenvalue weighted by molar-refractivity contribution is -0.281. The van der Waals surface area contributed by atoms with Crippen molar-refractivity contribution in [3.8, 4) is 0 Å². The second-order valence-corrected chi connectivity index (χ2v) is 15.4. The van der Waals surface area contributed by atoms with Gasteiger partial charge < -0.3 is 28.5 Å². The van der Waals surface area contributed by atoms with Crippen LogP contribution in [-0.4, -0.2) is 59.2 Å². The molecular formula is C36H46O11. The first-order chi connectivity index (χ1) is 22.0. The third-order valence-corrected chi connectivity index (χ3v) is 12.8. The van der Waals surface area contributed by atoms with Crippen molar-refractivity contribution in [3.63, 3.8) is 0 Å². The van der Waals surface area contributed by atoms with Gasteiger partial charge >= 0.3 is 23.9 Å². The smallest absolute Gasteiger partial charge is 0.310 e. The van der Waals surface area contributed by atoms with Crippen molar-refractivity contribution in [2.75, 3.05) is 7.11 Å². The molecule has 0 radical (unpaired) electrons. The molecule has 2 heterocycles. The highest BCUT2D eigenvalue weighted by Crippen LogP contribution is 2.80. The van der Waals surface area contributed by atoms with Crippen LogP contribution in [-0.2, 0) is 42.9 Å². The molecule has 1 N–H and O–H groups in total. The number of rotatable bonds is 8. The van der Waals surface area contributed by atoms with Crippen LogP contribution in [0, 0.1) is 39.9 Å². The highest BCUT2D eigenvalue weighted by molar-refractivity contribution is 6.09. The van der Waals surface area contributed by atoms with Gasteiger partial charge in [0.05, 0.1) is 37.9 Å². The standard InChI is InChI=1S/C36H46O11/c1-9-19(4)30(41)47-36-27(39)26-21(10-12-32(5)22(26)14-25(38)45-28(32)20-11-13-44-16-20)34(7)23(15-24(37)43-8)33(6,17-35(34,36)42)31(36)46-29(40)18(2)3/h11,13,16,18-19,21,23,28,31,42H,9-10,12,14-15,17H2,1-8H3/t19-,21?,23-,28-,31-,32+,33+,34-,35-,36-/m0/s1. The van der Waals surface area contributed by atoms with Crippen LogP contribution in [0.3, 0.4) is 0 Å². The van der Waals surface area contributed by atoms with E-state index >= 15 is 4.79 Å². The van der Waals surface area contributed by atoms with Crippen LogP contribution < -0.4 is 0 Å². The minimum atomic E-state index is -2.32. The van der Waals surface area contributed by atoms with Gasteiger partial charge in [-0.05, 0) is 49.2 Å². The number of carbonyl (C=O) groups is 5. The lowest BCUT2D eigenvalue weighted by atomic mass is 9.41. The second kappa shape index (κ2) is 10.8. The average Bonchev–Trinajstić information content (AvgIpc) is 3.67. The van der Waals surface area contributed by atoms with Crippen LogP contribution in [0.5, 0.6) is 0 Å². The summed E-state index contributed by atoms with van der Waals surface area (Å²) >= 11 is 0. The van der Waals surface area contributed by atoms with Crippen molar-refractivity contribution < 1.29 is 52.4 Å². The van der Waals surface area contributed by atoms with E-state index in [2.05, 4.69) is 0 Å². The predicted molar refractivity (Wildman–Crippen MR) is 164 cm³/mol. The number of Topliss-reactive ketones (excluding diaryl/α,β-unsaturated/α-hetero) is 1. The van der Waals surface area contributed by atoms with E-state index in [0.29, 0.717) is 30.4 Å². The van der Waals surface area contributed by atoms with E-state index in [0.717, 1.165) is 0 Å². The molecule has 1 unspecified atom stereocenters. The summed E-state index contributed by atoms with van der Waals surface area (Å²) in [4.78, 5) is 69.2. The molecule has 2 bridgehead atoms. The minimum absolute atomic E-state index is 0.0518. The number of cyclic esters (lactones) is 1. The molecule has 0 spiro atoms. The molecule has 47 heavy (non-hydrogen) atoms. The molecule has 5 aliphatic rings. The van der Waals surface area contributed by atoms with Gasteiger partial charge in [0.25, 0.3) is 0 Å². The summed E-state index contributed by atoms with van der Waals surface area (Å²) in [6.07, 6.45) is 1.83. The zero-order valence-electron chi connectivity index (χ0n) is 28.5. The number of hydrogen-bond acceptors (Lipinski definition) is 11. The monoisotopic (exact) mass is 654 g/mol. The first kappa shape index (κ1) is 33.4. The summed E-state index contributed by atoms with van der Waals surface area (Å²) in [5, 5.41) is 13.2. The van der Waals surface area contributed by atoms with Crippen LogP contribution in [0.2, 0.25) is 0 Å². The summed E-state index contributed by atoms with van der Waals surface area (Å²) in [5.41, 5.74) is -6.07. The maximum absolute atomic E-state index is 15.6. The largest absolute Gasteiger partial charge is 0.472 e. The second-order valence-electron chi connectivity index (χ2n) is 15.4. The summed E-state index contributed by atoms with van der Waals surface area (Å²) in [7, 11) is 1.29. The summed E-state index contributed by atoms with van der Waals surface area (Å²) in [6.45, 7) is 12.4. The molecule has 1 aromatic rings. The number of ether oxygens (including phenoxy) is 4. The van der Waals surface area contributed by atoms with Gasteiger partial charge in [-0.15, -0.1) is 0 Å². The number of esters is 4. The molecule has 1 aliphatic heterocycles. The Labute approximate surface area is 274 Å². The molecule has 0 aromatic carbocycles. The Kier molecular flexibility index (Phi) is 7.66. The Hall–Kier alpha value is -3.47. The van der Waals surface area contributed by atoms with Crippen LogP contribution in [0.1, 0.15) is 98.7 Å². The van der Waals surface area contributed by atoms with Gasteiger partial charge in [-0.25, -0.2) is 0 Å². The first-order valence-electron chi connectivity index (χ1n) is 16.7. The maximum atomic E-state index is 15.6. The van der Waals surface area contributed by atoms with Crippen LogP contribution in [0.4, 0.5) is 0 Å². The highest BCUT2D eigenvalue weighted by Gasteiger charge is 2.92. The fraction of sp³-hybridized carbons (Fsp3) is 0.694. The van der Waals surface area contributed by atoms with Crippen LogP contribution in [0.25, 0.3) is 0 Å². The Morgan fingerprint density at radius 2 is 1.81 bits per heavy atom. The van der Waals surface area contributed by atoms with Gasteiger partial charge in [0.1, 0.15) is 11.7 Å². The molecule has 11 nitrogen and oxygen atoms in total. The van der Waals surface area contributed by atoms with Crippen molar-refractivity contribution in [2.45, 2.75) is 110 Å². The zero-order valence-corrected chi connectivity index (χ0v) is 28.5. The molecule has 4 aliphatic carbocycles. The number of methoxy groups -OCH3 is 1. The van der Waals surface area contributed by atoms with Gasteiger partial charge in [-0.2, -0.15) is 0 Å². The fourth-order valence-electron chi connectivity index (χ4n) is 10.2. The van der Waals surface area contributed by atoms with Crippen molar-refractivity contribution in [1.29, 1.82) is 0 Å². The molecular weight excluding hydrogens is 608 g/mol. The number of aliphatic hydroxyl groups is 1. The van der Waals surface area contributed by atoms with E-state index < -0.39 is 93.0 Å². The zero-order chi connectivity index (χ0) is 34.5. The number of ketones is 1. The lowest BCUT2D eigenvalue weighted by Crippen LogP contribution is -2.80. The van der Waals surface area contributed by atoms with E-state index in [9.17, 15) is 24.3 Å². The quantitative estimate of drug-likeness (QED) is 0.304. The average molecular weight is 655 g/mol. The van der Waals surface area contributed by atoms with E-state index in [1.165, 1.54) is 19.6 Å². The summed E-state index contributed by atoms with van der Waals surface area (Å²) in [5.74, 6) is -5.51. The van der Waals surface area contributed by atoms with E-state index in [1.807, 2.05) is 20.8 Å².